The Hall–Kier alpha value is -0.340. The second kappa shape index (κ2) is 3.35. The second-order valence-corrected chi connectivity index (χ2v) is 6.28. The van der Waals surface area contributed by atoms with Gasteiger partial charge in [0.15, 0.2) is 0 Å². The molecule has 0 saturated heterocycles. The zero-order valence-electron chi connectivity index (χ0n) is 8.60. The summed E-state index contributed by atoms with van der Waals surface area (Å²) >= 11 is 5.41. The van der Waals surface area contributed by atoms with Crippen LogP contribution in [0.25, 0.3) is 10.1 Å². The summed E-state index contributed by atoms with van der Waals surface area (Å²) in [6.45, 7) is 6.78. The van der Waals surface area contributed by atoms with E-state index in [0.29, 0.717) is 0 Å². The normalized spacial score (nSPS) is 12.3. The quantitative estimate of drug-likeness (QED) is 0.634. The standard InChI is InChI=1S/C12H13BrS/c1-12(2,3)9-4-5-10(13)8-6-7-14-11(8)9/h4-7H,1-3H3. The highest BCUT2D eigenvalue weighted by atomic mass is 79.9. The fourth-order valence-electron chi connectivity index (χ4n) is 1.62. The molecule has 0 spiro atoms. The molecule has 1 heterocycles. The lowest BCUT2D eigenvalue weighted by molar-refractivity contribution is 0.596. The lowest BCUT2D eigenvalue weighted by Crippen LogP contribution is -2.10. The SMILES string of the molecule is CC(C)(C)c1ccc(Br)c2ccsc12. The zero-order chi connectivity index (χ0) is 10.3. The number of hydrogen-bond donors (Lipinski definition) is 0. The van der Waals surface area contributed by atoms with E-state index in [2.05, 4.69) is 60.3 Å². The molecule has 1 aromatic heterocycles. The van der Waals surface area contributed by atoms with Crippen LogP contribution in [-0.2, 0) is 5.41 Å². The molecule has 0 nitrogen and oxygen atoms in total. The largest absolute Gasteiger partial charge is 0.143 e. The monoisotopic (exact) mass is 268 g/mol. The number of thiophene rings is 1. The van der Waals surface area contributed by atoms with E-state index < -0.39 is 0 Å². The van der Waals surface area contributed by atoms with Crippen molar-refractivity contribution in [3.63, 3.8) is 0 Å². The number of halogens is 1. The molecule has 0 saturated carbocycles. The average molecular weight is 269 g/mol. The highest BCUT2D eigenvalue weighted by Crippen LogP contribution is 2.36. The summed E-state index contributed by atoms with van der Waals surface area (Å²) in [4.78, 5) is 0. The molecule has 0 amide bonds. The van der Waals surface area contributed by atoms with Crippen molar-refractivity contribution >= 4 is 37.4 Å². The van der Waals surface area contributed by atoms with Crippen LogP contribution in [0.2, 0.25) is 0 Å². The first kappa shape index (κ1) is 10.2. The van der Waals surface area contributed by atoms with Crippen molar-refractivity contribution < 1.29 is 0 Å². The highest BCUT2D eigenvalue weighted by molar-refractivity contribution is 9.10. The topological polar surface area (TPSA) is 0 Å². The van der Waals surface area contributed by atoms with Crippen LogP contribution in [0, 0.1) is 0 Å². The summed E-state index contributed by atoms with van der Waals surface area (Å²) in [6.07, 6.45) is 0. The molecule has 14 heavy (non-hydrogen) atoms. The van der Waals surface area contributed by atoms with Gasteiger partial charge in [0.25, 0.3) is 0 Å². The highest BCUT2D eigenvalue weighted by Gasteiger charge is 2.18. The van der Waals surface area contributed by atoms with Gasteiger partial charge in [-0.15, -0.1) is 11.3 Å². The van der Waals surface area contributed by atoms with Crippen molar-refractivity contribution in [1.29, 1.82) is 0 Å². The molecule has 1 aromatic carbocycles. The van der Waals surface area contributed by atoms with Gasteiger partial charge in [-0.2, -0.15) is 0 Å². The maximum atomic E-state index is 3.58. The molecule has 0 aliphatic rings. The molecule has 0 atom stereocenters. The van der Waals surface area contributed by atoms with Gasteiger partial charge < -0.3 is 0 Å². The van der Waals surface area contributed by atoms with Gasteiger partial charge in [-0.05, 0) is 28.5 Å². The van der Waals surface area contributed by atoms with Crippen molar-refractivity contribution in [2.45, 2.75) is 26.2 Å². The van der Waals surface area contributed by atoms with Crippen LogP contribution in [-0.4, -0.2) is 0 Å². The molecule has 2 heteroatoms. The van der Waals surface area contributed by atoms with Gasteiger partial charge in [-0.25, -0.2) is 0 Å². The minimum Gasteiger partial charge on any atom is -0.143 e. The van der Waals surface area contributed by atoms with E-state index in [-0.39, 0.29) is 5.41 Å². The molecular formula is C12H13BrS. The van der Waals surface area contributed by atoms with Crippen molar-refractivity contribution in [3.8, 4) is 0 Å². The molecule has 74 valence electrons. The van der Waals surface area contributed by atoms with E-state index in [4.69, 9.17) is 0 Å². The molecule has 0 unspecified atom stereocenters. The van der Waals surface area contributed by atoms with Gasteiger partial charge in [0.1, 0.15) is 0 Å². The Bertz CT molecular complexity index is 463. The summed E-state index contributed by atoms with van der Waals surface area (Å²) in [7, 11) is 0. The van der Waals surface area contributed by atoms with E-state index in [1.807, 2.05) is 11.3 Å². The maximum Gasteiger partial charge on any atom is 0.0391 e. The molecule has 0 bridgehead atoms. The van der Waals surface area contributed by atoms with E-state index in [9.17, 15) is 0 Å². The number of fused-ring (bicyclic) bond motifs is 1. The summed E-state index contributed by atoms with van der Waals surface area (Å²) in [5, 5.41) is 3.49. The maximum absolute atomic E-state index is 3.58. The molecule has 0 aliphatic heterocycles. The summed E-state index contributed by atoms with van der Waals surface area (Å²) < 4.78 is 2.61. The lowest BCUT2D eigenvalue weighted by Gasteiger charge is -2.20. The summed E-state index contributed by atoms with van der Waals surface area (Å²) in [5.74, 6) is 0. The zero-order valence-corrected chi connectivity index (χ0v) is 11.0. The third kappa shape index (κ3) is 1.61. The van der Waals surface area contributed by atoms with Gasteiger partial charge in [-0.3, -0.25) is 0 Å². The van der Waals surface area contributed by atoms with E-state index in [1.165, 1.54) is 20.1 Å². The molecular weight excluding hydrogens is 256 g/mol. The Morgan fingerprint density at radius 3 is 2.50 bits per heavy atom. The van der Waals surface area contributed by atoms with Gasteiger partial charge in [-0.1, -0.05) is 42.8 Å². The van der Waals surface area contributed by atoms with Gasteiger partial charge in [0.05, 0.1) is 0 Å². The smallest absolute Gasteiger partial charge is 0.0391 e. The fourth-order valence-corrected chi connectivity index (χ4v) is 3.36. The van der Waals surface area contributed by atoms with E-state index in [1.54, 1.807) is 0 Å². The van der Waals surface area contributed by atoms with Crippen LogP contribution in [0.5, 0.6) is 0 Å². The van der Waals surface area contributed by atoms with Crippen molar-refractivity contribution in [2.24, 2.45) is 0 Å². The first-order valence-corrected chi connectivity index (χ1v) is 6.33. The minimum absolute atomic E-state index is 0.226. The lowest BCUT2D eigenvalue weighted by atomic mass is 9.86. The molecule has 0 N–H and O–H groups in total. The number of hydrogen-bond acceptors (Lipinski definition) is 1. The first-order chi connectivity index (χ1) is 6.50. The molecule has 0 radical (unpaired) electrons. The van der Waals surface area contributed by atoms with Crippen molar-refractivity contribution in [3.05, 3.63) is 33.6 Å². The minimum atomic E-state index is 0.226. The Kier molecular flexibility index (Phi) is 2.44. The predicted molar refractivity (Wildman–Crippen MR) is 68.2 cm³/mol. The third-order valence-corrected chi connectivity index (χ3v) is 4.01. The van der Waals surface area contributed by atoms with Crippen LogP contribution in [0.4, 0.5) is 0 Å². The molecule has 0 aliphatic carbocycles. The molecule has 2 aromatic rings. The average Bonchev–Trinajstić information content (AvgIpc) is 2.50. The Morgan fingerprint density at radius 1 is 1.14 bits per heavy atom. The van der Waals surface area contributed by atoms with Crippen molar-refractivity contribution in [1.82, 2.24) is 0 Å². The first-order valence-electron chi connectivity index (χ1n) is 4.66. The Labute approximate surface area is 97.1 Å². The molecule has 2 rings (SSSR count). The van der Waals surface area contributed by atoms with Gasteiger partial charge in [0, 0.05) is 14.6 Å². The van der Waals surface area contributed by atoms with Crippen molar-refractivity contribution in [2.75, 3.05) is 0 Å². The van der Waals surface area contributed by atoms with E-state index in [0.717, 1.165) is 0 Å². The molecule has 0 fully saturated rings. The van der Waals surface area contributed by atoms with Crippen LogP contribution in [0.15, 0.2) is 28.1 Å². The van der Waals surface area contributed by atoms with Gasteiger partial charge >= 0.3 is 0 Å². The van der Waals surface area contributed by atoms with Crippen LogP contribution < -0.4 is 0 Å². The Balaban J connectivity index is 2.80. The van der Waals surface area contributed by atoms with Crippen LogP contribution >= 0.6 is 27.3 Å². The Morgan fingerprint density at radius 2 is 1.86 bits per heavy atom. The number of rotatable bonds is 0. The van der Waals surface area contributed by atoms with Crippen LogP contribution in [0.3, 0.4) is 0 Å². The van der Waals surface area contributed by atoms with E-state index >= 15 is 0 Å². The predicted octanol–water partition coefficient (Wildman–Crippen LogP) is 4.96. The summed E-state index contributed by atoms with van der Waals surface area (Å²) in [6, 6.07) is 6.55. The fraction of sp³-hybridized carbons (Fsp3) is 0.333. The van der Waals surface area contributed by atoms with Gasteiger partial charge in [0.2, 0.25) is 0 Å². The second-order valence-electron chi connectivity index (χ2n) is 4.51. The summed E-state index contributed by atoms with van der Waals surface area (Å²) in [5.41, 5.74) is 1.66. The third-order valence-electron chi connectivity index (χ3n) is 2.37. The van der Waals surface area contributed by atoms with Crippen LogP contribution in [0.1, 0.15) is 26.3 Å². The number of benzene rings is 1.